The van der Waals surface area contributed by atoms with Gasteiger partial charge in [-0.15, -0.1) is 0 Å². The minimum atomic E-state index is -0.351. The summed E-state index contributed by atoms with van der Waals surface area (Å²) < 4.78 is 5.14. The van der Waals surface area contributed by atoms with Gasteiger partial charge in [-0.2, -0.15) is 0 Å². The van der Waals surface area contributed by atoms with Gasteiger partial charge in [0, 0.05) is 0 Å². The van der Waals surface area contributed by atoms with Crippen molar-refractivity contribution in [3.8, 4) is 5.75 Å². The van der Waals surface area contributed by atoms with Crippen LogP contribution in [0, 0.1) is 0 Å². The highest BCUT2D eigenvalue weighted by Gasteiger charge is 2.09. The van der Waals surface area contributed by atoms with Gasteiger partial charge in [0.15, 0.2) is 0 Å². The minimum Gasteiger partial charge on any atom is -0.497 e. The quantitative estimate of drug-likeness (QED) is 0.798. The molecule has 1 atom stereocenters. The molecule has 0 bridgehead atoms. The molecule has 1 aromatic carbocycles. The van der Waals surface area contributed by atoms with Crippen LogP contribution in [-0.4, -0.2) is 12.2 Å². The average Bonchev–Trinajstić information content (AvgIpc) is 2.27. The molecule has 78 valence electrons. The summed E-state index contributed by atoms with van der Waals surface area (Å²) in [7, 11) is 1.66. The molecule has 0 unspecified atom stereocenters. The first kappa shape index (κ1) is 11.1. The highest BCUT2D eigenvalue weighted by atomic mass is 16.5. The van der Waals surface area contributed by atoms with Gasteiger partial charge in [0.05, 0.1) is 13.2 Å². The first-order valence-corrected chi connectivity index (χ1v) is 5.07. The van der Waals surface area contributed by atoms with Gasteiger partial charge in [-0.1, -0.05) is 19.9 Å². The van der Waals surface area contributed by atoms with Crippen molar-refractivity contribution < 1.29 is 9.84 Å². The Labute approximate surface area is 85.5 Å². The van der Waals surface area contributed by atoms with Crippen molar-refractivity contribution in [1.29, 1.82) is 0 Å². The zero-order valence-electron chi connectivity index (χ0n) is 9.08. The van der Waals surface area contributed by atoms with E-state index in [-0.39, 0.29) is 6.10 Å². The van der Waals surface area contributed by atoms with E-state index in [0.717, 1.165) is 24.2 Å². The Kier molecular flexibility index (Phi) is 3.96. The Balaban J connectivity index is 3.04. The van der Waals surface area contributed by atoms with Crippen LogP contribution < -0.4 is 4.74 Å². The summed E-state index contributed by atoms with van der Waals surface area (Å²) in [6.07, 6.45) is 1.32. The van der Waals surface area contributed by atoms with Crippen LogP contribution in [0.1, 0.15) is 37.5 Å². The standard InChI is InChI=1S/C12H18O2/c1-4-9-8-10(14-3)6-7-11(9)12(13)5-2/h6-8,12-13H,4-5H2,1-3H3/t12-/m1/s1. The largest absolute Gasteiger partial charge is 0.497 e. The maximum absolute atomic E-state index is 9.76. The number of aliphatic hydroxyl groups excluding tert-OH is 1. The monoisotopic (exact) mass is 194 g/mol. The van der Waals surface area contributed by atoms with E-state index in [4.69, 9.17) is 4.74 Å². The van der Waals surface area contributed by atoms with Gasteiger partial charge < -0.3 is 9.84 Å². The van der Waals surface area contributed by atoms with E-state index in [1.807, 2.05) is 25.1 Å². The van der Waals surface area contributed by atoms with E-state index in [2.05, 4.69) is 6.92 Å². The molecule has 0 saturated heterocycles. The molecule has 0 aliphatic rings. The summed E-state index contributed by atoms with van der Waals surface area (Å²) in [5, 5.41) is 9.76. The molecule has 14 heavy (non-hydrogen) atoms. The molecule has 0 aliphatic heterocycles. The summed E-state index contributed by atoms with van der Waals surface area (Å²) >= 11 is 0. The molecule has 0 amide bonds. The third kappa shape index (κ3) is 2.26. The zero-order chi connectivity index (χ0) is 10.6. The summed E-state index contributed by atoms with van der Waals surface area (Å²) in [4.78, 5) is 0. The van der Waals surface area contributed by atoms with E-state index >= 15 is 0 Å². The number of hydrogen-bond donors (Lipinski definition) is 1. The normalized spacial score (nSPS) is 12.6. The van der Waals surface area contributed by atoms with Gasteiger partial charge in [0.25, 0.3) is 0 Å². The van der Waals surface area contributed by atoms with Crippen molar-refractivity contribution in [2.24, 2.45) is 0 Å². The Morgan fingerprint density at radius 3 is 2.57 bits per heavy atom. The molecule has 2 nitrogen and oxygen atoms in total. The Morgan fingerprint density at radius 2 is 2.07 bits per heavy atom. The third-order valence-electron chi connectivity index (χ3n) is 2.48. The Morgan fingerprint density at radius 1 is 1.36 bits per heavy atom. The molecule has 1 rings (SSSR count). The second-order valence-electron chi connectivity index (χ2n) is 3.34. The van der Waals surface area contributed by atoms with Crippen LogP contribution >= 0.6 is 0 Å². The first-order valence-electron chi connectivity index (χ1n) is 5.07. The fourth-order valence-corrected chi connectivity index (χ4v) is 1.56. The van der Waals surface area contributed by atoms with Crippen LogP contribution in [-0.2, 0) is 6.42 Å². The molecule has 2 heteroatoms. The second-order valence-corrected chi connectivity index (χ2v) is 3.34. The van der Waals surface area contributed by atoms with Crippen molar-refractivity contribution in [2.45, 2.75) is 32.8 Å². The van der Waals surface area contributed by atoms with Crippen molar-refractivity contribution in [2.75, 3.05) is 7.11 Å². The number of ether oxygens (including phenoxy) is 1. The molecule has 1 N–H and O–H groups in total. The van der Waals surface area contributed by atoms with Gasteiger partial charge >= 0.3 is 0 Å². The predicted molar refractivity (Wildman–Crippen MR) is 57.6 cm³/mol. The second kappa shape index (κ2) is 5.01. The Bertz CT molecular complexity index is 294. The van der Waals surface area contributed by atoms with Crippen molar-refractivity contribution in [3.63, 3.8) is 0 Å². The van der Waals surface area contributed by atoms with Gasteiger partial charge in [-0.25, -0.2) is 0 Å². The SMILES string of the molecule is CCc1cc(OC)ccc1[C@H](O)CC. The third-order valence-corrected chi connectivity index (χ3v) is 2.48. The van der Waals surface area contributed by atoms with E-state index in [1.54, 1.807) is 7.11 Å². The number of aliphatic hydroxyl groups is 1. The molecule has 0 aromatic heterocycles. The smallest absolute Gasteiger partial charge is 0.119 e. The molecule has 0 radical (unpaired) electrons. The molecular weight excluding hydrogens is 176 g/mol. The topological polar surface area (TPSA) is 29.5 Å². The van der Waals surface area contributed by atoms with Crippen LogP contribution in [0.2, 0.25) is 0 Å². The molecule has 0 fully saturated rings. The molecule has 0 aliphatic carbocycles. The van der Waals surface area contributed by atoms with Crippen molar-refractivity contribution >= 4 is 0 Å². The maximum Gasteiger partial charge on any atom is 0.119 e. The predicted octanol–water partition coefficient (Wildman–Crippen LogP) is 2.70. The van der Waals surface area contributed by atoms with Gasteiger partial charge in [0.2, 0.25) is 0 Å². The van der Waals surface area contributed by atoms with Gasteiger partial charge in [0.1, 0.15) is 5.75 Å². The summed E-state index contributed by atoms with van der Waals surface area (Å²) in [5.74, 6) is 0.855. The molecule has 1 aromatic rings. The highest BCUT2D eigenvalue weighted by Crippen LogP contribution is 2.25. The minimum absolute atomic E-state index is 0.351. The summed E-state index contributed by atoms with van der Waals surface area (Å²) in [6, 6.07) is 5.84. The summed E-state index contributed by atoms with van der Waals surface area (Å²) in [6.45, 7) is 4.06. The van der Waals surface area contributed by atoms with E-state index in [1.165, 1.54) is 5.56 Å². The number of aryl methyl sites for hydroxylation is 1. The lowest BCUT2D eigenvalue weighted by atomic mass is 9.99. The lowest BCUT2D eigenvalue weighted by Crippen LogP contribution is -2.00. The van der Waals surface area contributed by atoms with Crippen LogP contribution in [0.3, 0.4) is 0 Å². The molecule has 0 spiro atoms. The number of rotatable bonds is 4. The first-order chi connectivity index (χ1) is 6.72. The lowest BCUT2D eigenvalue weighted by Gasteiger charge is -2.14. The Hall–Kier alpha value is -1.02. The maximum atomic E-state index is 9.76. The van der Waals surface area contributed by atoms with Gasteiger partial charge in [-0.05, 0) is 36.1 Å². The van der Waals surface area contributed by atoms with Crippen molar-refractivity contribution in [3.05, 3.63) is 29.3 Å². The molecule has 0 heterocycles. The van der Waals surface area contributed by atoms with Crippen LogP contribution in [0.25, 0.3) is 0 Å². The number of hydrogen-bond acceptors (Lipinski definition) is 2. The lowest BCUT2D eigenvalue weighted by molar-refractivity contribution is 0.172. The average molecular weight is 194 g/mol. The van der Waals surface area contributed by atoms with Gasteiger partial charge in [-0.3, -0.25) is 0 Å². The molecular formula is C12H18O2. The fourth-order valence-electron chi connectivity index (χ4n) is 1.56. The fraction of sp³-hybridized carbons (Fsp3) is 0.500. The van der Waals surface area contributed by atoms with Crippen LogP contribution in [0.15, 0.2) is 18.2 Å². The summed E-state index contributed by atoms with van der Waals surface area (Å²) in [5.41, 5.74) is 2.19. The van der Waals surface area contributed by atoms with E-state index in [0.29, 0.717) is 0 Å². The molecule has 0 saturated carbocycles. The highest BCUT2D eigenvalue weighted by molar-refractivity contribution is 5.36. The zero-order valence-corrected chi connectivity index (χ0v) is 9.08. The number of methoxy groups -OCH3 is 1. The van der Waals surface area contributed by atoms with E-state index < -0.39 is 0 Å². The van der Waals surface area contributed by atoms with Crippen LogP contribution in [0.5, 0.6) is 5.75 Å². The number of benzene rings is 1. The van der Waals surface area contributed by atoms with E-state index in [9.17, 15) is 5.11 Å². The van der Waals surface area contributed by atoms with Crippen molar-refractivity contribution in [1.82, 2.24) is 0 Å². The van der Waals surface area contributed by atoms with Crippen LogP contribution in [0.4, 0.5) is 0 Å².